The third-order valence-corrected chi connectivity index (χ3v) is 8.55. The number of unbranched alkanes of at least 4 members (excludes halogenated alkanes) is 15. The molecule has 0 N–H and O–H groups in total. The molecule has 0 aliphatic rings. The minimum absolute atomic E-state index is 0.310. The van der Waals surface area contributed by atoms with E-state index in [4.69, 9.17) is 18.0 Å². The molecule has 30 heavy (non-hydrogen) atoms. The van der Waals surface area contributed by atoms with Crippen LogP contribution in [0.25, 0.3) is 0 Å². The summed E-state index contributed by atoms with van der Waals surface area (Å²) in [5.41, 5.74) is 0. The number of rotatable bonds is 23. The Hall–Kier alpha value is -0.693. The number of hydrogen-bond acceptors (Lipinski definition) is 5. The second-order valence-electron chi connectivity index (χ2n) is 8.07. The van der Waals surface area contributed by atoms with Crippen molar-refractivity contribution in [2.45, 2.75) is 109 Å². The van der Waals surface area contributed by atoms with Gasteiger partial charge in [-0.1, -0.05) is 96.5 Å². The normalized spacial score (nSPS) is 11.6. The van der Waals surface area contributed by atoms with Gasteiger partial charge in [0.2, 0.25) is 0 Å². The fourth-order valence-corrected chi connectivity index (χ4v) is 5.50. The Labute approximate surface area is 187 Å². The Balaban J connectivity index is 3.21. The van der Waals surface area contributed by atoms with Crippen molar-refractivity contribution in [1.82, 2.24) is 0 Å². The van der Waals surface area contributed by atoms with Crippen molar-refractivity contribution in [3.8, 4) is 0 Å². The van der Waals surface area contributed by atoms with Gasteiger partial charge in [-0.3, -0.25) is 0 Å². The quantitative estimate of drug-likeness (QED) is 0.0747. The molecule has 0 aromatic carbocycles. The molecule has 0 radical (unpaired) electrons. The third-order valence-electron chi connectivity index (χ3n) is 5.72. The van der Waals surface area contributed by atoms with Gasteiger partial charge in [-0.25, -0.2) is 4.79 Å². The first-order chi connectivity index (χ1) is 14.6. The largest absolute Gasteiger partial charge is 0.500 e. The van der Waals surface area contributed by atoms with Crippen molar-refractivity contribution < 1.29 is 22.8 Å². The van der Waals surface area contributed by atoms with Crippen LogP contribution in [0.15, 0.2) is 12.7 Å². The van der Waals surface area contributed by atoms with E-state index >= 15 is 0 Å². The second-order valence-corrected chi connectivity index (χ2v) is 11.2. The summed E-state index contributed by atoms with van der Waals surface area (Å²) in [4.78, 5) is 10.9. The van der Waals surface area contributed by atoms with Crippen LogP contribution < -0.4 is 0 Å². The molecule has 0 saturated heterocycles. The SMILES string of the molecule is C=CC(=O)OCCCCCCCCCCCCCCCCCC[Si](OC)(OC)OC. The molecule has 0 rings (SSSR count). The van der Waals surface area contributed by atoms with Crippen LogP contribution in [0.5, 0.6) is 0 Å². The van der Waals surface area contributed by atoms with Crippen molar-refractivity contribution in [3.05, 3.63) is 12.7 Å². The highest BCUT2D eigenvalue weighted by atomic mass is 28.4. The van der Waals surface area contributed by atoms with Crippen molar-refractivity contribution in [3.63, 3.8) is 0 Å². The van der Waals surface area contributed by atoms with Gasteiger partial charge in [0, 0.05) is 33.4 Å². The number of carbonyl (C=O) groups is 1. The van der Waals surface area contributed by atoms with Crippen molar-refractivity contribution in [2.75, 3.05) is 27.9 Å². The molecule has 0 saturated carbocycles. The van der Waals surface area contributed by atoms with E-state index in [9.17, 15) is 4.79 Å². The molecule has 0 aromatic rings. The summed E-state index contributed by atoms with van der Waals surface area (Å²) >= 11 is 0. The fraction of sp³-hybridized carbons (Fsp3) is 0.875. The molecule has 0 fully saturated rings. The van der Waals surface area contributed by atoms with Crippen LogP contribution in [0, 0.1) is 0 Å². The second kappa shape index (κ2) is 21.5. The number of carbonyl (C=O) groups excluding carboxylic acids is 1. The van der Waals surface area contributed by atoms with Crippen molar-refractivity contribution in [1.29, 1.82) is 0 Å². The maximum absolute atomic E-state index is 10.9. The standard InChI is InChI=1S/C24H48O5Si/c1-5-24(25)29-22-20-18-16-14-12-10-8-6-7-9-11-13-15-17-19-21-23-30(26-2,27-3)28-4/h5H,1,6-23H2,2-4H3. The predicted octanol–water partition coefficient (Wildman–Crippen LogP) is 6.84. The maximum atomic E-state index is 10.9. The molecule has 0 aromatic heterocycles. The van der Waals surface area contributed by atoms with Crippen LogP contribution in [-0.2, 0) is 22.8 Å². The molecule has 0 aliphatic carbocycles. The summed E-state index contributed by atoms with van der Waals surface area (Å²) in [6.07, 6.45) is 21.9. The molecule has 0 aliphatic heterocycles. The van der Waals surface area contributed by atoms with Crippen LogP contribution >= 0.6 is 0 Å². The monoisotopic (exact) mass is 444 g/mol. The molecule has 0 amide bonds. The van der Waals surface area contributed by atoms with Gasteiger partial charge in [-0.2, -0.15) is 0 Å². The highest BCUT2D eigenvalue weighted by Crippen LogP contribution is 2.19. The number of esters is 1. The first-order valence-electron chi connectivity index (χ1n) is 12.1. The van der Waals surface area contributed by atoms with Crippen LogP contribution in [0.4, 0.5) is 0 Å². The van der Waals surface area contributed by atoms with Crippen LogP contribution in [0.3, 0.4) is 0 Å². The molecular weight excluding hydrogens is 396 g/mol. The van der Waals surface area contributed by atoms with E-state index in [1.165, 1.54) is 89.5 Å². The molecule has 0 heterocycles. The molecule has 0 bridgehead atoms. The average Bonchev–Trinajstić information content (AvgIpc) is 2.78. The Morgan fingerprint density at radius 1 is 0.633 bits per heavy atom. The molecule has 0 spiro atoms. The lowest BCUT2D eigenvalue weighted by Gasteiger charge is -2.24. The highest BCUT2D eigenvalue weighted by molar-refractivity contribution is 6.60. The fourth-order valence-electron chi connectivity index (χ4n) is 3.71. The first-order valence-corrected chi connectivity index (χ1v) is 14.0. The third kappa shape index (κ3) is 17.0. The van der Waals surface area contributed by atoms with E-state index in [1.807, 2.05) is 0 Å². The zero-order valence-corrected chi connectivity index (χ0v) is 21.1. The van der Waals surface area contributed by atoms with Gasteiger partial charge >= 0.3 is 14.8 Å². The lowest BCUT2D eigenvalue weighted by Crippen LogP contribution is -2.42. The number of ether oxygens (including phenoxy) is 1. The lowest BCUT2D eigenvalue weighted by atomic mass is 10.0. The zero-order valence-electron chi connectivity index (χ0n) is 20.1. The summed E-state index contributed by atoms with van der Waals surface area (Å²) < 4.78 is 21.3. The molecule has 178 valence electrons. The van der Waals surface area contributed by atoms with Crippen LogP contribution in [0.2, 0.25) is 6.04 Å². The maximum Gasteiger partial charge on any atom is 0.500 e. The van der Waals surface area contributed by atoms with Crippen molar-refractivity contribution >= 4 is 14.8 Å². The summed E-state index contributed by atoms with van der Waals surface area (Å²) in [5.74, 6) is -0.310. The van der Waals surface area contributed by atoms with Gasteiger partial charge < -0.3 is 18.0 Å². The van der Waals surface area contributed by atoms with E-state index in [2.05, 4.69) is 6.58 Å². The zero-order chi connectivity index (χ0) is 22.3. The Morgan fingerprint density at radius 2 is 0.967 bits per heavy atom. The lowest BCUT2D eigenvalue weighted by molar-refractivity contribution is -0.137. The topological polar surface area (TPSA) is 54.0 Å². The van der Waals surface area contributed by atoms with Crippen molar-refractivity contribution in [2.24, 2.45) is 0 Å². The minimum atomic E-state index is -2.35. The van der Waals surface area contributed by atoms with Gasteiger partial charge in [0.25, 0.3) is 0 Å². The molecular formula is C24H48O5Si. The van der Waals surface area contributed by atoms with Crippen LogP contribution in [0.1, 0.15) is 103 Å². The summed E-state index contributed by atoms with van der Waals surface area (Å²) in [5, 5.41) is 0. The van der Waals surface area contributed by atoms with E-state index in [-0.39, 0.29) is 5.97 Å². The minimum Gasteiger partial charge on any atom is -0.463 e. The van der Waals surface area contributed by atoms with Gasteiger partial charge in [-0.15, -0.1) is 0 Å². The number of hydrogen-bond donors (Lipinski definition) is 0. The smallest absolute Gasteiger partial charge is 0.463 e. The van der Waals surface area contributed by atoms with E-state index in [1.54, 1.807) is 21.3 Å². The molecule has 0 atom stereocenters. The van der Waals surface area contributed by atoms with E-state index in [0.29, 0.717) is 6.61 Å². The average molecular weight is 445 g/mol. The van der Waals surface area contributed by atoms with E-state index < -0.39 is 8.80 Å². The van der Waals surface area contributed by atoms with Gasteiger partial charge in [0.05, 0.1) is 6.61 Å². The summed E-state index contributed by atoms with van der Waals surface area (Å²) in [7, 11) is 2.71. The molecule has 5 nitrogen and oxygen atoms in total. The Kier molecular flexibility index (Phi) is 21.0. The Morgan fingerprint density at radius 3 is 1.30 bits per heavy atom. The first kappa shape index (κ1) is 29.3. The molecule has 0 unspecified atom stereocenters. The summed E-state index contributed by atoms with van der Waals surface area (Å²) in [6, 6.07) is 0.918. The highest BCUT2D eigenvalue weighted by Gasteiger charge is 2.36. The van der Waals surface area contributed by atoms with Crippen LogP contribution in [-0.4, -0.2) is 42.7 Å². The van der Waals surface area contributed by atoms with Gasteiger partial charge in [-0.05, 0) is 12.8 Å². The van der Waals surface area contributed by atoms with E-state index in [0.717, 1.165) is 25.3 Å². The Bertz CT molecular complexity index is 391. The predicted molar refractivity (Wildman–Crippen MR) is 127 cm³/mol. The molecule has 6 heteroatoms. The summed E-state index contributed by atoms with van der Waals surface area (Å²) in [6.45, 7) is 3.92. The van der Waals surface area contributed by atoms with Gasteiger partial charge in [0.15, 0.2) is 0 Å². The van der Waals surface area contributed by atoms with Gasteiger partial charge in [0.1, 0.15) is 0 Å².